The molecule has 3 aromatic rings. The van der Waals surface area contributed by atoms with Crippen LogP contribution in [0.25, 0.3) is 0 Å². The normalized spacial score (nSPS) is 10.0. The predicted molar refractivity (Wildman–Crippen MR) is 118 cm³/mol. The number of anilines is 4. The fraction of sp³-hybridized carbons (Fsp3) is 0.150. The monoisotopic (exact) mass is 433 g/mol. The van der Waals surface area contributed by atoms with Gasteiger partial charge >= 0.3 is 0 Å². The first kappa shape index (κ1) is 22.4. The van der Waals surface area contributed by atoms with E-state index >= 15 is 0 Å². The molecule has 1 heterocycles. The molecule has 0 fully saturated rings. The molecule has 0 spiro atoms. The lowest BCUT2D eigenvalue weighted by Gasteiger charge is -2.10. The Morgan fingerprint density at radius 1 is 1.07 bits per heavy atom. The first-order chi connectivity index (χ1) is 13.7. The predicted octanol–water partition coefficient (Wildman–Crippen LogP) is 4.42. The number of benzene rings is 2. The van der Waals surface area contributed by atoms with Crippen molar-refractivity contribution in [2.75, 3.05) is 30.9 Å². The van der Waals surface area contributed by atoms with Crippen LogP contribution in [0.4, 0.5) is 23.1 Å². The van der Waals surface area contributed by atoms with Gasteiger partial charge in [0.1, 0.15) is 5.82 Å². The van der Waals surface area contributed by atoms with Crippen LogP contribution in [-0.2, 0) is 4.74 Å². The maximum absolute atomic E-state index is 12.0. The average Bonchev–Trinajstić information content (AvgIpc) is 2.71. The largest absolute Gasteiger partial charge is 0.383 e. The summed E-state index contributed by atoms with van der Waals surface area (Å²) in [6.45, 7) is 0.940. The van der Waals surface area contributed by atoms with Gasteiger partial charge in [-0.25, -0.2) is 4.98 Å². The second kappa shape index (κ2) is 11.2. The summed E-state index contributed by atoms with van der Waals surface area (Å²) in [6, 6.07) is 16.2. The number of ether oxygens (including phenoxy) is 1. The summed E-state index contributed by atoms with van der Waals surface area (Å²) in [7, 11) is 1.59. The number of hydrogen-bond acceptors (Lipinski definition) is 6. The van der Waals surface area contributed by atoms with Crippen LogP contribution in [-0.4, -0.2) is 36.1 Å². The second-order valence-electron chi connectivity index (χ2n) is 5.82. The zero-order valence-electron chi connectivity index (χ0n) is 15.7. The number of methoxy groups -OCH3 is 1. The Bertz CT molecular complexity index is 938. The fourth-order valence-electron chi connectivity index (χ4n) is 2.39. The van der Waals surface area contributed by atoms with Crippen molar-refractivity contribution in [1.29, 1.82) is 0 Å². The third-order valence-corrected chi connectivity index (χ3v) is 4.12. The summed E-state index contributed by atoms with van der Waals surface area (Å²) in [5.41, 5.74) is 2.10. The SMILES string of the molecule is COCCNC(=O)c1ccc(Nc2nccc(Nc3ccccc3Cl)n2)cc1.Cl. The van der Waals surface area contributed by atoms with Gasteiger partial charge < -0.3 is 20.7 Å². The van der Waals surface area contributed by atoms with E-state index in [-0.39, 0.29) is 18.3 Å². The first-order valence-electron chi connectivity index (χ1n) is 8.64. The number of carbonyl (C=O) groups excluding carboxylic acids is 1. The molecular weight excluding hydrogens is 413 g/mol. The molecule has 9 heteroatoms. The van der Waals surface area contributed by atoms with Gasteiger partial charge in [0.15, 0.2) is 0 Å². The number of para-hydroxylation sites is 1. The fourth-order valence-corrected chi connectivity index (χ4v) is 2.57. The van der Waals surface area contributed by atoms with Crippen molar-refractivity contribution in [2.45, 2.75) is 0 Å². The van der Waals surface area contributed by atoms with E-state index in [0.29, 0.717) is 35.5 Å². The Kier molecular flexibility index (Phi) is 8.67. The number of halogens is 2. The molecule has 0 aliphatic carbocycles. The molecule has 3 N–H and O–H groups in total. The van der Waals surface area contributed by atoms with E-state index in [2.05, 4.69) is 25.9 Å². The van der Waals surface area contributed by atoms with Gasteiger partial charge in [-0.1, -0.05) is 23.7 Å². The molecule has 1 aromatic heterocycles. The standard InChI is InChI=1S/C20H20ClN5O2.ClH/c1-28-13-12-22-19(27)14-6-8-15(9-7-14)24-20-23-11-10-18(26-20)25-17-5-3-2-4-16(17)21;/h2-11H,12-13H2,1H3,(H,22,27)(H2,23,24,25,26);1H. The van der Waals surface area contributed by atoms with Crippen LogP contribution in [0.15, 0.2) is 60.8 Å². The first-order valence-corrected chi connectivity index (χ1v) is 9.02. The van der Waals surface area contributed by atoms with Crippen molar-refractivity contribution in [1.82, 2.24) is 15.3 Å². The Morgan fingerprint density at radius 2 is 1.83 bits per heavy atom. The van der Waals surface area contributed by atoms with Gasteiger partial charge in [0, 0.05) is 31.1 Å². The Balaban J connectivity index is 0.00000300. The zero-order valence-corrected chi connectivity index (χ0v) is 17.3. The number of nitrogens with zero attached hydrogens (tertiary/aromatic N) is 2. The molecule has 1 amide bonds. The van der Waals surface area contributed by atoms with Gasteiger partial charge in [-0.2, -0.15) is 4.98 Å². The highest BCUT2D eigenvalue weighted by molar-refractivity contribution is 6.33. The summed E-state index contributed by atoms with van der Waals surface area (Å²) < 4.78 is 4.92. The summed E-state index contributed by atoms with van der Waals surface area (Å²) in [5.74, 6) is 0.889. The number of hydrogen-bond donors (Lipinski definition) is 3. The van der Waals surface area contributed by atoms with Gasteiger partial charge in [-0.3, -0.25) is 4.79 Å². The summed E-state index contributed by atoms with van der Waals surface area (Å²) in [5, 5.41) is 9.66. The van der Waals surface area contributed by atoms with Crippen LogP contribution >= 0.6 is 24.0 Å². The molecule has 0 radical (unpaired) electrons. The van der Waals surface area contributed by atoms with E-state index in [1.54, 1.807) is 49.7 Å². The lowest BCUT2D eigenvalue weighted by molar-refractivity contribution is 0.0937. The number of nitrogens with one attached hydrogen (secondary N) is 3. The van der Waals surface area contributed by atoms with E-state index in [4.69, 9.17) is 16.3 Å². The molecule has 0 saturated heterocycles. The molecule has 29 heavy (non-hydrogen) atoms. The molecule has 152 valence electrons. The summed E-state index contributed by atoms with van der Waals surface area (Å²) in [4.78, 5) is 20.6. The van der Waals surface area contributed by atoms with Gasteiger partial charge in [0.2, 0.25) is 5.95 Å². The molecule has 0 saturated carbocycles. The maximum Gasteiger partial charge on any atom is 0.251 e. The van der Waals surface area contributed by atoms with Crippen LogP contribution in [0.2, 0.25) is 5.02 Å². The van der Waals surface area contributed by atoms with Gasteiger partial charge in [0.05, 0.1) is 17.3 Å². The highest BCUT2D eigenvalue weighted by Gasteiger charge is 2.06. The van der Waals surface area contributed by atoms with E-state index in [1.165, 1.54) is 0 Å². The van der Waals surface area contributed by atoms with Gasteiger partial charge in [-0.15, -0.1) is 12.4 Å². The molecule has 0 atom stereocenters. The summed E-state index contributed by atoms with van der Waals surface area (Å²) in [6.07, 6.45) is 1.64. The smallest absolute Gasteiger partial charge is 0.251 e. The van der Waals surface area contributed by atoms with Crippen LogP contribution < -0.4 is 16.0 Å². The molecule has 0 bridgehead atoms. The van der Waals surface area contributed by atoms with E-state index in [9.17, 15) is 4.79 Å². The number of rotatable bonds is 8. The van der Waals surface area contributed by atoms with Crippen molar-refractivity contribution in [3.05, 3.63) is 71.4 Å². The lowest BCUT2D eigenvalue weighted by atomic mass is 10.2. The minimum atomic E-state index is -0.147. The van der Waals surface area contributed by atoms with Crippen molar-refractivity contribution >= 4 is 53.1 Å². The van der Waals surface area contributed by atoms with Crippen molar-refractivity contribution in [2.24, 2.45) is 0 Å². The minimum Gasteiger partial charge on any atom is -0.383 e. The van der Waals surface area contributed by atoms with Gasteiger partial charge in [0.25, 0.3) is 5.91 Å². The van der Waals surface area contributed by atoms with Crippen molar-refractivity contribution in [3.63, 3.8) is 0 Å². The van der Waals surface area contributed by atoms with Crippen molar-refractivity contribution in [3.8, 4) is 0 Å². The molecule has 0 unspecified atom stereocenters. The lowest BCUT2D eigenvalue weighted by Crippen LogP contribution is -2.26. The summed E-state index contributed by atoms with van der Waals surface area (Å²) >= 11 is 6.16. The average molecular weight is 434 g/mol. The zero-order chi connectivity index (χ0) is 19.8. The second-order valence-corrected chi connectivity index (χ2v) is 6.23. The third kappa shape index (κ3) is 6.60. The Hall–Kier alpha value is -2.87. The third-order valence-electron chi connectivity index (χ3n) is 3.79. The quantitative estimate of drug-likeness (QED) is 0.455. The highest BCUT2D eigenvalue weighted by atomic mass is 35.5. The minimum absolute atomic E-state index is 0. The Morgan fingerprint density at radius 3 is 2.55 bits per heavy atom. The molecular formula is C20H21Cl2N5O2. The molecule has 2 aromatic carbocycles. The number of aromatic nitrogens is 2. The van der Waals surface area contributed by atoms with Crippen LogP contribution in [0.3, 0.4) is 0 Å². The van der Waals surface area contributed by atoms with Gasteiger partial charge in [-0.05, 0) is 42.5 Å². The molecule has 7 nitrogen and oxygen atoms in total. The maximum atomic E-state index is 12.0. The van der Waals surface area contributed by atoms with Crippen LogP contribution in [0.5, 0.6) is 0 Å². The molecule has 0 aliphatic heterocycles. The van der Waals surface area contributed by atoms with Crippen LogP contribution in [0.1, 0.15) is 10.4 Å². The van der Waals surface area contributed by atoms with E-state index in [0.717, 1.165) is 11.4 Å². The molecule has 0 aliphatic rings. The van der Waals surface area contributed by atoms with Crippen LogP contribution in [0, 0.1) is 0 Å². The highest BCUT2D eigenvalue weighted by Crippen LogP contribution is 2.24. The van der Waals surface area contributed by atoms with Crippen molar-refractivity contribution < 1.29 is 9.53 Å². The number of amides is 1. The Labute approximate surface area is 180 Å². The van der Waals surface area contributed by atoms with E-state index in [1.807, 2.05) is 18.2 Å². The van der Waals surface area contributed by atoms with E-state index < -0.39 is 0 Å². The number of carbonyl (C=O) groups is 1. The topological polar surface area (TPSA) is 88.2 Å². The molecule has 3 rings (SSSR count).